The quantitative estimate of drug-likeness (QED) is 0.823. The van der Waals surface area contributed by atoms with Crippen LogP contribution in [0.15, 0.2) is 23.1 Å². The summed E-state index contributed by atoms with van der Waals surface area (Å²) in [7, 11) is -3.84. The van der Waals surface area contributed by atoms with Gasteiger partial charge in [-0.05, 0) is 30.7 Å². The fourth-order valence-corrected chi connectivity index (χ4v) is 3.37. The van der Waals surface area contributed by atoms with E-state index < -0.39 is 15.8 Å². The number of rotatable bonds is 6. The van der Waals surface area contributed by atoms with Crippen molar-refractivity contribution in [2.75, 3.05) is 19.8 Å². The van der Waals surface area contributed by atoms with Gasteiger partial charge in [-0.15, -0.1) is 0 Å². The van der Waals surface area contributed by atoms with Gasteiger partial charge in [0.05, 0.1) is 6.61 Å². The van der Waals surface area contributed by atoms with E-state index in [2.05, 4.69) is 10.0 Å². The molecular weight excluding hydrogens is 283 g/mol. The molecule has 0 radical (unpaired) electrons. The molecule has 0 amide bonds. The average molecular weight is 302 g/mol. The Morgan fingerprint density at radius 1 is 1.45 bits per heavy atom. The number of halogens is 1. The molecule has 1 aromatic carbocycles. The Morgan fingerprint density at radius 2 is 2.25 bits per heavy atom. The van der Waals surface area contributed by atoms with Gasteiger partial charge in [-0.2, -0.15) is 0 Å². The molecule has 1 aromatic rings. The van der Waals surface area contributed by atoms with E-state index in [-0.39, 0.29) is 10.9 Å². The fourth-order valence-electron chi connectivity index (χ4n) is 2.05. The Kier molecular flexibility index (Phi) is 5.09. The summed E-state index contributed by atoms with van der Waals surface area (Å²) in [4.78, 5) is -0.315. The van der Waals surface area contributed by atoms with Gasteiger partial charge < -0.3 is 10.1 Å². The van der Waals surface area contributed by atoms with E-state index >= 15 is 0 Å². The number of benzene rings is 1. The molecule has 0 aliphatic carbocycles. The third-order valence-electron chi connectivity index (χ3n) is 3.12. The minimum Gasteiger partial charge on any atom is -0.380 e. The summed E-state index contributed by atoms with van der Waals surface area (Å²) in [6, 6.07) is 3.90. The smallest absolute Gasteiger partial charge is 0.243 e. The first kappa shape index (κ1) is 15.4. The zero-order chi connectivity index (χ0) is 14.6. The molecule has 20 heavy (non-hydrogen) atoms. The van der Waals surface area contributed by atoms with Crippen molar-refractivity contribution in [3.05, 3.63) is 29.6 Å². The van der Waals surface area contributed by atoms with Gasteiger partial charge in [-0.1, -0.05) is 13.0 Å². The molecule has 1 fully saturated rings. The lowest BCUT2D eigenvalue weighted by Gasteiger charge is -2.12. The van der Waals surface area contributed by atoms with Crippen molar-refractivity contribution >= 4 is 10.0 Å². The summed E-state index contributed by atoms with van der Waals surface area (Å²) in [6.07, 6.45) is 0.610. The average Bonchev–Trinajstić information content (AvgIpc) is 2.88. The van der Waals surface area contributed by atoms with Crippen LogP contribution in [0.1, 0.15) is 18.9 Å². The minimum atomic E-state index is -3.84. The summed E-state index contributed by atoms with van der Waals surface area (Å²) in [5.41, 5.74) is 0.715. The standard InChI is InChI=1S/C13H19FN2O3S/c1-2-15-8-10-3-4-13(12(14)7-10)20(17,18)16-11-5-6-19-9-11/h3-4,7,11,15-16H,2,5-6,8-9H2,1H3. The maximum absolute atomic E-state index is 14.0. The van der Waals surface area contributed by atoms with E-state index in [9.17, 15) is 12.8 Å². The summed E-state index contributed by atoms with van der Waals surface area (Å²) in [6.45, 7) is 4.09. The van der Waals surface area contributed by atoms with Crippen molar-refractivity contribution < 1.29 is 17.5 Å². The van der Waals surface area contributed by atoms with Crippen molar-refractivity contribution in [2.24, 2.45) is 0 Å². The topological polar surface area (TPSA) is 67.4 Å². The molecule has 7 heteroatoms. The predicted octanol–water partition coefficient (Wildman–Crippen LogP) is 1.00. The van der Waals surface area contributed by atoms with Crippen LogP contribution in [0.2, 0.25) is 0 Å². The van der Waals surface area contributed by atoms with E-state index in [0.29, 0.717) is 31.7 Å². The second-order valence-electron chi connectivity index (χ2n) is 4.73. The molecule has 112 valence electrons. The lowest BCUT2D eigenvalue weighted by molar-refractivity contribution is 0.192. The lowest BCUT2D eigenvalue weighted by Crippen LogP contribution is -2.35. The predicted molar refractivity (Wildman–Crippen MR) is 73.3 cm³/mol. The summed E-state index contributed by atoms with van der Waals surface area (Å²) in [5, 5.41) is 3.06. The molecule has 1 heterocycles. The molecule has 1 unspecified atom stereocenters. The van der Waals surface area contributed by atoms with Gasteiger partial charge in [0.1, 0.15) is 10.7 Å². The van der Waals surface area contributed by atoms with Crippen LogP contribution in [0, 0.1) is 5.82 Å². The first-order valence-electron chi connectivity index (χ1n) is 6.62. The Morgan fingerprint density at radius 3 is 2.85 bits per heavy atom. The van der Waals surface area contributed by atoms with Gasteiger partial charge in [0.25, 0.3) is 0 Å². The first-order valence-corrected chi connectivity index (χ1v) is 8.10. The van der Waals surface area contributed by atoms with E-state index in [1.165, 1.54) is 12.1 Å². The van der Waals surface area contributed by atoms with Gasteiger partial charge in [0.15, 0.2) is 0 Å². The Hall–Kier alpha value is -1.02. The van der Waals surface area contributed by atoms with Gasteiger partial charge in [-0.3, -0.25) is 0 Å². The van der Waals surface area contributed by atoms with Gasteiger partial charge >= 0.3 is 0 Å². The molecule has 0 saturated carbocycles. The van der Waals surface area contributed by atoms with Crippen LogP contribution in [0.25, 0.3) is 0 Å². The Balaban J connectivity index is 2.14. The molecule has 2 N–H and O–H groups in total. The van der Waals surface area contributed by atoms with Gasteiger partial charge in [-0.25, -0.2) is 17.5 Å². The van der Waals surface area contributed by atoms with Crippen molar-refractivity contribution in [1.29, 1.82) is 0 Å². The van der Waals surface area contributed by atoms with Crippen molar-refractivity contribution in [3.8, 4) is 0 Å². The van der Waals surface area contributed by atoms with Crippen molar-refractivity contribution in [1.82, 2.24) is 10.0 Å². The highest BCUT2D eigenvalue weighted by Gasteiger charge is 2.25. The third kappa shape index (κ3) is 3.76. The van der Waals surface area contributed by atoms with Gasteiger partial charge in [0.2, 0.25) is 10.0 Å². The van der Waals surface area contributed by atoms with Crippen LogP contribution in [-0.2, 0) is 21.3 Å². The second kappa shape index (κ2) is 6.62. The third-order valence-corrected chi connectivity index (χ3v) is 4.67. The molecule has 1 aliphatic heterocycles. The van der Waals surface area contributed by atoms with Crippen LogP contribution >= 0.6 is 0 Å². The molecule has 1 saturated heterocycles. The van der Waals surface area contributed by atoms with Crippen LogP contribution in [0.5, 0.6) is 0 Å². The zero-order valence-electron chi connectivity index (χ0n) is 11.4. The SMILES string of the molecule is CCNCc1ccc(S(=O)(=O)NC2CCOC2)c(F)c1. The molecule has 0 spiro atoms. The fraction of sp³-hybridized carbons (Fsp3) is 0.538. The van der Waals surface area contributed by atoms with Crippen LogP contribution in [0.4, 0.5) is 4.39 Å². The number of hydrogen-bond acceptors (Lipinski definition) is 4. The van der Waals surface area contributed by atoms with E-state index in [1.807, 2.05) is 6.92 Å². The summed E-state index contributed by atoms with van der Waals surface area (Å²) in [5.74, 6) is -0.730. The molecule has 5 nitrogen and oxygen atoms in total. The largest absolute Gasteiger partial charge is 0.380 e. The highest BCUT2D eigenvalue weighted by Crippen LogP contribution is 2.17. The molecule has 0 aromatic heterocycles. The second-order valence-corrected chi connectivity index (χ2v) is 6.41. The van der Waals surface area contributed by atoms with Crippen LogP contribution in [0.3, 0.4) is 0 Å². The number of ether oxygens (including phenoxy) is 1. The molecule has 1 aliphatic rings. The van der Waals surface area contributed by atoms with Crippen molar-refractivity contribution in [3.63, 3.8) is 0 Å². The number of hydrogen-bond donors (Lipinski definition) is 2. The van der Waals surface area contributed by atoms with Gasteiger partial charge in [0, 0.05) is 19.2 Å². The highest BCUT2D eigenvalue weighted by molar-refractivity contribution is 7.89. The Labute approximate surface area is 118 Å². The molecule has 0 bridgehead atoms. The summed E-state index contributed by atoms with van der Waals surface area (Å²) < 4.78 is 45.8. The first-order chi connectivity index (χ1) is 9.53. The maximum Gasteiger partial charge on any atom is 0.243 e. The van der Waals surface area contributed by atoms with E-state index in [4.69, 9.17) is 4.74 Å². The maximum atomic E-state index is 14.0. The van der Waals surface area contributed by atoms with E-state index in [1.54, 1.807) is 6.07 Å². The zero-order valence-corrected chi connectivity index (χ0v) is 12.2. The van der Waals surface area contributed by atoms with Crippen molar-refractivity contribution in [2.45, 2.75) is 30.8 Å². The normalized spacial score (nSPS) is 19.4. The number of sulfonamides is 1. The minimum absolute atomic E-state index is 0.277. The summed E-state index contributed by atoms with van der Waals surface area (Å²) >= 11 is 0. The van der Waals surface area contributed by atoms with Crippen LogP contribution in [-0.4, -0.2) is 34.2 Å². The van der Waals surface area contributed by atoms with Crippen LogP contribution < -0.4 is 10.0 Å². The Bertz CT molecular complexity index is 557. The molecule has 2 rings (SSSR count). The molecule has 1 atom stereocenters. The molecular formula is C13H19FN2O3S. The highest BCUT2D eigenvalue weighted by atomic mass is 32.2. The number of nitrogens with one attached hydrogen (secondary N) is 2. The lowest BCUT2D eigenvalue weighted by atomic mass is 10.2. The van der Waals surface area contributed by atoms with E-state index in [0.717, 1.165) is 6.54 Å². The monoisotopic (exact) mass is 302 g/mol.